The Labute approximate surface area is 124 Å². The minimum Gasteiger partial charge on any atom is -0.489 e. The molecule has 0 aliphatic rings. The van der Waals surface area contributed by atoms with Gasteiger partial charge in [0, 0.05) is 5.56 Å². The van der Waals surface area contributed by atoms with Crippen LogP contribution in [0.3, 0.4) is 0 Å². The number of alkyl halides is 1. The quantitative estimate of drug-likeness (QED) is 0.603. The highest BCUT2D eigenvalue weighted by Gasteiger charge is 2.11. The summed E-state index contributed by atoms with van der Waals surface area (Å²) in [5, 5.41) is -0.505. The van der Waals surface area contributed by atoms with E-state index in [1.165, 1.54) is 5.56 Å². The predicted molar refractivity (Wildman–Crippen MR) is 81.6 cm³/mol. The molecule has 0 spiro atoms. The van der Waals surface area contributed by atoms with Crippen LogP contribution in [0, 0.1) is 6.92 Å². The summed E-state index contributed by atoms with van der Waals surface area (Å²) in [5.41, 5.74) is 2.94. The first-order chi connectivity index (χ1) is 9.56. The monoisotopic (exact) mass is 288 g/mol. The Kier molecular flexibility index (Phi) is 4.80. The molecule has 0 aliphatic heterocycles. The van der Waals surface area contributed by atoms with Crippen molar-refractivity contribution in [3.8, 4) is 5.75 Å². The first-order valence-electron chi connectivity index (χ1n) is 6.53. The highest BCUT2D eigenvalue weighted by atomic mass is 35.5. The van der Waals surface area contributed by atoms with Gasteiger partial charge in [0.1, 0.15) is 12.4 Å². The van der Waals surface area contributed by atoms with E-state index < -0.39 is 5.38 Å². The predicted octanol–water partition coefficient (Wildman–Crippen LogP) is 4.38. The maximum absolute atomic E-state index is 11.7. The van der Waals surface area contributed by atoms with Gasteiger partial charge in [-0.3, -0.25) is 4.79 Å². The third kappa shape index (κ3) is 3.84. The maximum atomic E-state index is 11.7. The van der Waals surface area contributed by atoms with E-state index in [2.05, 4.69) is 19.1 Å². The molecule has 20 heavy (non-hydrogen) atoms. The number of halogens is 1. The summed E-state index contributed by atoms with van der Waals surface area (Å²) < 4.78 is 5.70. The zero-order chi connectivity index (χ0) is 14.5. The van der Waals surface area contributed by atoms with E-state index in [0.29, 0.717) is 12.2 Å². The van der Waals surface area contributed by atoms with Crippen LogP contribution >= 0.6 is 11.6 Å². The van der Waals surface area contributed by atoms with Crippen molar-refractivity contribution in [2.24, 2.45) is 0 Å². The lowest BCUT2D eigenvalue weighted by Crippen LogP contribution is -2.10. The number of hydrogen-bond acceptors (Lipinski definition) is 2. The molecule has 0 saturated heterocycles. The van der Waals surface area contributed by atoms with Crippen molar-refractivity contribution in [2.45, 2.75) is 25.8 Å². The highest BCUT2D eigenvalue weighted by molar-refractivity contribution is 6.33. The van der Waals surface area contributed by atoms with E-state index in [1.807, 2.05) is 12.1 Å². The number of carbonyl (C=O) groups is 1. The minimum atomic E-state index is -0.505. The molecular weight excluding hydrogens is 272 g/mol. The van der Waals surface area contributed by atoms with Crippen LogP contribution in [-0.2, 0) is 6.61 Å². The third-order valence-electron chi connectivity index (χ3n) is 2.99. The van der Waals surface area contributed by atoms with Crippen LogP contribution in [0.4, 0.5) is 0 Å². The summed E-state index contributed by atoms with van der Waals surface area (Å²) in [7, 11) is 0. The molecule has 2 nitrogen and oxygen atoms in total. The number of hydrogen-bond donors (Lipinski definition) is 0. The number of carbonyl (C=O) groups excluding carboxylic acids is 1. The zero-order valence-corrected chi connectivity index (χ0v) is 12.4. The molecule has 0 amide bonds. The van der Waals surface area contributed by atoms with Gasteiger partial charge >= 0.3 is 0 Å². The molecule has 0 aromatic heterocycles. The van der Waals surface area contributed by atoms with Gasteiger partial charge in [-0.05, 0) is 43.7 Å². The van der Waals surface area contributed by atoms with Crippen LogP contribution in [0.25, 0.3) is 0 Å². The molecule has 1 atom stereocenters. The normalized spacial score (nSPS) is 11.9. The van der Waals surface area contributed by atoms with Crippen LogP contribution < -0.4 is 4.74 Å². The SMILES string of the molecule is Cc1cccc(COc2ccc(C(=O)C(C)Cl)cc2)c1. The molecule has 0 radical (unpaired) electrons. The Morgan fingerprint density at radius 1 is 1.20 bits per heavy atom. The van der Waals surface area contributed by atoms with Crippen LogP contribution in [-0.4, -0.2) is 11.2 Å². The molecule has 1 unspecified atom stereocenters. The smallest absolute Gasteiger partial charge is 0.180 e. The Hall–Kier alpha value is -1.80. The number of benzene rings is 2. The van der Waals surface area contributed by atoms with E-state index in [4.69, 9.17) is 16.3 Å². The fourth-order valence-corrected chi connectivity index (χ4v) is 2.04. The molecule has 0 saturated carbocycles. The van der Waals surface area contributed by atoms with Crippen molar-refractivity contribution in [3.05, 3.63) is 65.2 Å². The molecule has 104 valence electrons. The lowest BCUT2D eigenvalue weighted by Gasteiger charge is -2.08. The molecule has 0 N–H and O–H groups in total. The van der Waals surface area contributed by atoms with Crippen molar-refractivity contribution in [3.63, 3.8) is 0 Å². The molecule has 2 aromatic carbocycles. The van der Waals surface area contributed by atoms with Crippen molar-refractivity contribution in [1.29, 1.82) is 0 Å². The second-order valence-corrected chi connectivity index (χ2v) is 5.44. The van der Waals surface area contributed by atoms with E-state index >= 15 is 0 Å². The first kappa shape index (κ1) is 14.6. The van der Waals surface area contributed by atoms with Gasteiger partial charge in [0.15, 0.2) is 5.78 Å². The summed E-state index contributed by atoms with van der Waals surface area (Å²) in [6.07, 6.45) is 0. The van der Waals surface area contributed by atoms with Crippen LogP contribution in [0.2, 0.25) is 0 Å². The molecule has 2 aromatic rings. The van der Waals surface area contributed by atoms with Crippen molar-refractivity contribution in [2.75, 3.05) is 0 Å². The minimum absolute atomic E-state index is 0.0723. The third-order valence-corrected chi connectivity index (χ3v) is 3.19. The lowest BCUT2D eigenvalue weighted by molar-refractivity contribution is 0.0991. The van der Waals surface area contributed by atoms with Gasteiger partial charge in [-0.15, -0.1) is 11.6 Å². The average Bonchev–Trinajstić information content (AvgIpc) is 2.45. The summed E-state index contributed by atoms with van der Waals surface area (Å²) in [6.45, 7) is 4.24. The Balaban J connectivity index is 1.99. The largest absolute Gasteiger partial charge is 0.489 e. The topological polar surface area (TPSA) is 26.3 Å². The van der Waals surface area contributed by atoms with E-state index in [0.717, 1.165) is 11.3 Å². The molecule has 0 heterocycles. The lowest BCUT2D eigenvalue weighted by atomic mass is 10.1. The van der Waals surface area contributed by atoms with E-state index in [9.17, 15) is 4.79 Å². The zero-order valence-electron chi connectivity index (χ0n) is 11.6. The fraction of sp³-hybridized carbons (Fsp3) is 0.235. The van der Waals surface area contributed by atoms with Gasteiger partial charge in [0.05, 0.1) is 5.38 Å². The molecule has 0 bridgehead atoms. The second-order valence-electron chi connectivity index (χ2n) is 4.78. The van der Waals surface area contributed by atoms with Crippen LogP contribution in [0.5, 0.6) is 5.75 Å². The van der Waals surface area contributed by atoms with Gasteiger partial charge in [0.25, 0.3) is 0 Å². The average molecular weight is 289 g/mol. The van der Waals surface area contributed by atoms with Gasteiger partial charge < -0.3 is 4.74 Å². The number of Topliss-reactive ketones (excluding diaryl/α,β-unsaturated/α-hetero) is 1. The summed E-state index contributed by atoms with van der Waals surface area (Å²) in [6, 6.07) is 15.3. The standard InChI is InChI=1S/C17H17ClO2/c1-12-4-3-5-14(10-12)11-20-16-8-6-15(7-9-16)17(19)13(2)18/h3-10,13H,11H2,1-2H3. The van der Waals surface area contributed by atoms with E-state index in [1.54, 1.807) is 31.2 Å². The van der Waals surface area contributed by atoms with Gasteiger partial charge in [-0.25, -0.2) is 0 Å². The van der Waals surface area contributed by atoms with Gasteiger partial charge in [-0.1, -0.05) is 29.8 Å². The number of ether oxygens (including phenoxy) is 1. The summed E-state index contributed by atoms with van der Waals surface area (Å²) in [4.78, 5) is 11.7. The molecule has 3 heteroatoms. The van der Waals surface area contributed by atoms with Crippen molar-refractivity contribution >= 4 is 17.4 Å². The first-order valence-corrected chi connectivity index (χ1v) is 6.96. The van der Waals surface area contributed by atoms with Crippen LogP contribution in [0.1, 0.15) is 28.4 Å². The summed E-state index contributed by atoms with van der Waals surface area (Å²) in [5.74, 6) is 0.669. The molecule has 2 rings (SSSR count). The summed E-state index contributed by atoms with van der Waals surface area (Å²) >= 11 is 5.78. The van der Waals surface area contributed by atoms with E-state index in [-0.39, 0.29) is 5.78 Å². The second kappa shape index (κ2) is 6.58. The number of rotatable bonds is 5. The molecule has 0 fully saturated rings. The van der Waals surface area contributed by atoms with Crippen molar-refractivity contribution in [1.82, 2.24) is 0 Å². The molecule has 0 aliphatic carbocycles. The fourth-order valence-electron chi connectivity index (χ4n) is 1.91. The molecular formula is C17H17ClO2. The maximum Gasteiger partial charge on any atom is 0.180 e. The van der Waals surface area contributed by atoms with Gasteiger partial charge in [-0.2, -0.15) is 0 Å². The number of ketones is 1. The Bertz CT molecular complexity index is 588. The van der Waals surface area contributed by atoms with Gasteiger partial charge in [0.2, 0.25) is 0 Å². The Morgan fingerprint density at radius 3 is 2.50 bits per heavy atom. The number of aryl methyl sites for hydroxylation is 1. The van der Waals surface area contributed by atoms with Crippen molar-refractivity contribution < 1.29 is 9.53 Å². The highest BCUT2D eigenvalue weighted by Crippen LogP contribution is 2.16. The van der Waals surface area contributed by atoms with Crippen LogP contribution in [0.15, 0.2) is 48.5 Å². The Morgan fingerprint density at radius 2 is 1.90 bits per heavy atom.